The normalized spacial score (nSPS) is 14.2. The summed E-state index contributed by atoms with van der Waals surface area (Å²) in [7, 11) is 1.48. The summed E-state index contributed by atoms with van der Waals surface area (Å²) in [6.45, 7) is 6.88. The number of nitrogens with one attached hydrogen (secondary N) is 1. The largest absolute Gasteiger partial charge is 0.472 e. The number of rotatable bonds is 57. The number of allylic oxidation sites excluding steroid dienone is 13. The lowest BCUT2D eigenvalue weighted by Gasteiger charge is -2.27. The molecule has 10 heteroatoms. The molecule has 0 aromatic carbocycles. The Hall–Kier alpha value is -2.81. The van der Waals surface area contributed by atoms with E-state index in [0.717, 1.165) is 116 Å². The molecule has 0 aliphatic heterocycles. The van der Waals surface area contributed by atoms with Crippen LogP contribution in [0.2, 0.25) is 0 Å². The van der Waals surface area contributed by atoms with Gasteiger partial charge in [-0.2, -0.15) is 0 Å². The van der Waals surface area contributed by atoms with E-state index in [1.807, 2.05) is 33.3 Å². The van der Waals surface area contributed by atoms with E-state index in [-0.39, 0.29) is 31.5 Å². The predicted molar refractivity (Wildman–Crippen MR) is 332 cm³/mol. The van der Waals surface area contributed by atoms with E-state index < -0.39 is 20.0 Å². The maximum Gasteiger partial charge on any atom is 0.472 e. The fraction of sp³-hybridized carbons (Fsp3) is 0.761. The predicted octanol–water partition coefficient (Wildman–Crippen LogP) is 19.8. The molecular weight excluding hydrogens is 976 g/mol. The second-order valence-corrected chi connectivity index (χ2v) is 24.0. The van der Waals surface area contributed by atoms with Gasteiger partial charge in [0.05, 0.1) is 33.8 Å². The van der Waals surface area contributed by atoms with Crippen LogP contribution in [-0.2, 0) is 27.9 Å². The Bertz CT molecular complexity index is 1590. The Labute approximate surface area is 476 Å². The lowest BCUT2D eigenvalue weighted by molar-refractivity contribution is -0.870. The summed E-state index contributed by atoms with van der Waals surface area (Å²) < 4.78 is 30.7. The maximum absolute atomic E-state index is 13.6. The first-order valence-corrected chi connectivity index (χ1v) is 33.4. The monoisotopic (exact) mass is 1100 g/mol. The van der Waals surface area contributed by atoms with Gasteiger partial charge in [-0.15, -0.1) is 0 Å². The number of unbranched alkanes of at least 4 members (excludes halogenated alkanes) is 29. The van der Waals surface area contributed by atoms with Crippen molar-refractivity contribution in [2.45, 2.75) is 290 Å². The number of likely N-dealkylation sites (N-methyl/N-ethyl adjacent to an activating group) is 1. The molecule has 3 atom stereocenters. The van der Waals surface area contributed by atoms with Gasteiger partial charge in [-0.05, 0) is 102 Å². The average Bonchev–Trinajstić information content (AvgIpc) is 3.39. The fourth-order valence-electron chi connectivity index (χ4n) is 8.90. The zero-order valence-corrected chi connectivity index (χ0v) is 51.8. The lowest BCUT2D eigenvalue weighted by Crippen LogP contribution is -2.47. The molecule has 0 saturated carbocycles. The SMILES string of the molecule is CC/C=C\C/C=C\C/C=C\C/C=C\C/C=C\CCCCCCCCCC(=O)NC(COP(=O)(O)OCC[N+](C)(C)C)C(/C=C\CCCCCCCCCCCCC)OC(=O)CCCCCCCCC/C=C\CCCCCC. The second-order valence-electron chi connectivity index (χ2n) is 22.5. The molecule has 0 radical (unpaired) electrons. The smallest absolute Gasteiger partial charge is 0.456 e. The highest BCUT2D eigenvalue weighted by molar-refractivity contribution is 7.47. The maximum atomic E-state index is 13.6. The number of hydrogen-bond donors (Lipinski definition) is 2. The van der Waals surface area contributed by atoms with Crippen LogP contribution in [0.3, 0.4) is 0 Å². The zero-order chi connectivity index (χ0) is 56.4. The topological polar surface area (TPSA) is 111 Å². The van der Waals surface area contributed by atoms with Gasteiger partial charge in [-0.1, -0.05) is 247 Å². The van der Waals surface area contributed by atoms with Gasteiger partial charge in [0.2, 0.25) is 5.91 Å². The Morgan fingerprint density at radius 1 is 0.468 bits per heavy atom. The number of quaternary nitrogens is 1. The minimum absolute atomic E-state index is 0.0342. The van der Waals surface area contributed by atoms with Gasteiger partial charge in [0.15, 0.2) is 0 Å². The van der Waals surface area contributed by atoms with Crippen LogP contribution in [0, 0.1) is 0 Å². The average molecular weight is 1100 g/mol. The number of phosphoric acid groups is 1. The lowest BCUT2D eigenvalue weighted by atomic mass is 10.0. The number of carbonyl (C=O) groups is 2. The minimum Gasteiger partial charge on any atom is -0.456 e. The van der Waals surface area contributed by atoms with Gasteiger partial charge in [0.25, 0.3) is 0 Å². The molecule has 0 heterocycles. The van der Waals surface area contributed by atoms with Crippen LogP contribution < -0.4 is 5.32 Å². The van der Waals surface area contributed by atoms with Gasteiger partial charge in [-0.3, -0.25) is 18.6 Å². The van der Waals surface area contributed by atoms with Crippen molar-refractivity contribution in [3.05, 3.63) is 85.1 Å². The van der Waals surface area contributed by atoms with Crippen molar-refractivity contribution in [1.29, 1.82) is 0 Å². The van der Waals surface area contributed by atoms with Gasteiger partial charge >= 0.3 is 13.8 Å². The van der Waals surface area contributed by atoms with Gasteiger partial charge in [0, 0.05) is 12.8 Å². The molecule has 0 spiro atoms. The Balaban J connectivity index is 5.25. The molecular formula is C67H122N2O7P+. The molecule has 2 N–H and O–H groups in total. The van der Waals surface area contributed by atoms with E-state index in [2.05, 4.69) is 99.0 Å². The number of ether oxygens (including phenoxy) is 1. The van der Waals surface area contributed by atoms with Crippen molar-refractivity contribution >= 4 is 19.7 Å². The number of hydrogen-bond acceptors (Lipinski definition) is 6. The van der Waals surface area contributed by atoms with Crippen LogP contribution in [0.4, 0.5) is 0 Å². The quantitative estimate of drug-likeness (QED) is 0.0205. The summed E-state index contributed by atoms with van der Waals surface area (Å²) in [5.74, 6) is -0.521. The van der Waals surface area contributed by atoms with E-state index >= 15 is 0 Å². The first-order chi connectivity index (χ1) is 37.4. The molecule has 0 saturated heterocycles. The Kier molecular flexibility index (Phi) is 54.4. The number of nitrogens with zero attached hydrogens (tertiary/aromatic N) is 1. The van der Waals surface area contributed by atoms with Gasteiger partial charge in [-0.25, -0.2) is 4.57 Å². The Morgan fingerprint density at radius 3 is 1.27 bits per heavy atom. The molecule has 0 aromatic rings. The van der Waals surface area contributed by atoms with Crippen molar-refractivity contribution in [1.82, 2.24) is 5.32 Å². The number of phosphoric ester groups is 1. The Morgan fingerprint density at radius 2 is 0.831 bits per heavy atom. The first kappa shape index (κ1) is 74.2. The molecule has 0 bridgehead atoms. The van der Waals surface area contributed by atoms with Crippen molar-refractivity contribution in [3.63, 3.8) is 0 Å². The second kappa shape index (κ2) is 56.5. The molecule has 3 unspecified atom stereocenters. The third-order valence-electron chi connectivity index (χ3n) is 13.8. The molecule has 0 fully saturated rings. The number of carbonyl (C=O) groups excluding carboxylic acids is 2. The molecule has 446 valence electrons. The van der Waals surface area contributed by atoms with Gasteiger partial charge in [0.1, 0.15) is 19.3 Å². The number of esters is 1. The van der Waals surface area contributed by atoms with E-state index in [0.29, 0.717) is 17.4 Å². The summed E-state index contributed by atoms with van der Waals surface area (Å²) >= 11 is 0. The molecule has 1 amide bonds. The van der Waals surface area contributed by atoms with Crippen LogP contribution in [0.1, 0.15) is 278 Å². The summed E-state index contributed by atoms with van der Waals surface area (Å²) in [6.07, 6.45) is 74.3. The van der Waals surface area contributed by atoms with E-state index in [4.69, 9.17) is 13.8 Å². The van der Waals surface area contributed by atoms with Crippen LogP contribution in [0.5, 0.6) is 0 Å². The van der Waals surface area contributed by atoms with E-state index in [9.17, 15) is 19.0 Å². The third kappa shape index (κ3) is 57.7. The summed E-state index contributed by atoms with van der Waals surface area (Å²) in [6, 6.07) is -0.860. The molecule has 0 rings (SSSR count). The van der Waals surface area contributed by atoms with Crippen LogP contribution in [0.25, 0.3) is 0 Å². The number of amides is 1. The highest BCUT2D eigenvalue weighted by atomic mass is 31.2. The van der Waals surface area contributed by atoms with Crippen molar-refractivity contribution in [2.75, 3.05) is 40.9 Å². The molecule has 77 heavy (non-hydrogen) atoms. The van der Waals surface area contributed by atoms with E-state index in [1.54, 1.807) is 0 Å². The standard InChI is InChI=1S/C67H121N2O7P/c1-7-10-13-16-19-22-25-28-30-31-32-33-34-35-36-37-39-41-44-47-50-53-56-59-66(70)68-64(63-75-77(72,73)74-62-61-69(4,5)6)65(58-55-52-49-46-43-40-27-24-21-18-15-12-9-3)76-67(71)60-57-54-51-48-45-42-38-29-26-23-20-17-14-11-8-2/h10,13,19,22-23,26,28,30,32-33,35-36,55,58,64-65H,7-9,11-12,14-18,20-21,24-25,27,29,31,34,37-54,56-57,59-63H2,1-6H3,(H-,68,70,72,73)/p+1/b13-10-,22-19-,26-23-,30-28-,33-32-,36-35-,58-55-. The van der Waals surface area contributed by atoms with Crippen molar-refractivity contribution < 1.29 is 37.3 Å². The molecule has 9 nitrogen and oxygen atoms in total. The van der Waals surface area contributed by atoms with Crippen molar-refractivity contribution in [2.24, 2.45) is 0 Å². The highest BCUT2D eigenvalue weighted by Gasteiger charge is 2.30. The first-order valence-electron chi connectivity index (χ1n) is 31.9. The zero-order valence-electron chi connectivity index (χ0n) is 50.9. The molecule has 0 aliphatic carbocycles. The molecule has 0 aliphatic rings. The fourth-order valence-corrected chi connectivity index (χ4v) is 9.64. The third-order valence-corrected chi connectivity index (χ3v) is 14.8. The summed E-state index contributed by atoms with van der Waals surface area (Å²) in [5, 5.41) is 3.05. The van der Waals surface area contributed by atoms with E-state index in [1.165, 1.54) is 128 Å². The summed E-state index contributed by atoms with van der Waals surface area (Å²) in [4.78, 5) is 37.8. The minimum atomic E-state index is -4.46. The van der Waals surface area contributed by atoms with Crippen molar-refractivity contribution in [3.8, 4) is 0 Å². The summed E-state index contributed by atoms with van der Waals surface area (Å²) in [5.41, 5.74) is 0. The van der Waals surface area contributed by atoms with Crippen LogP contribution >= 0.6 is 7.82 Å². The van der Waals surface area contributed by atoms with Crippen LogP contribution in [-0.4, -0.2) is 74.3 Å². The van der Waals surface area contributed by atoms with Gasteiger partial charge < -0.3 is 19.4 Å². The molecule has 0 aromatic heterocycles. The highest BCUT2D eigenvalue weighted by Crippen LogP contribution is 2.43. The van der Waals surface area contributed by atoms with Crippen LogP contribution in [0.15, 0.2) is 85.1 Å².